The lowest BCUT2D eigenvalue weighted by Crippen LogP contribution is -2.48. The summed E-state index contributed by atoms with van der Waals surface area (Å²) in [4.78, 5) is 31.7. The number of halogens is 2. The van der Waals surface area contributed by atoms with Gasteiger partial charge in [0, 0.05) is 29.7 Å². The number of thioether (sulfide) groups is 1. The van der Waals surface area contributed by atoms with E-state index in [4.69, 9.17) is 23.2 Å². The van der Waals surface area contributed by atoms with Crippen LogP contribution in [0.3, 0.4) is 0 Å². The first-order valence-electron chi connectivity index (χ1n) is 8.51. The molecule has 2 saturated heterocycles. The van der Waals surface area contributed by atoms with Crippen molar-refractivity contribution in [1.29, 1.82) is 0 Å². The van der Waals surface area contributed by atoms with Crippen LogP contribution in [0.5, 0.6) is 0 Å². The van der Waals surface area contributed by atoms with Crippen molar-refractivity contribution in [2.24, 2.45) is 0 Å². The lowest BCUT2D eigenvalue weighted by atomic mass is 10.1. The van der Waals surface area contributed by atoms with Gasteiger partial charge in [-0.2, -0.15) is 0 Å². The molecule has 1 aromatic heterocycles. The Morgan fingerprint density at radius 2 is 2.22 bits per heavy atom. The summed E-state index contributed by atoms with van der Waals surface area (Å²) in [6.07, 6.45) is 3.72. The molecule has 27 heavy (non-hydrogen) atoms. The monoisotopic (exact) mass is 441 g/mol. The summed E-state index contributed by atoms with van der Waals surface area (Å²) in [6, 6.07) is 5.08. The molecule has 2 atom stereocenters. The largest absolute Gasteiger partial charge is 0.315 e. The van der Waals surface area contributed by atoms with Gasteiger partial charge in [-0.3, -0.25) is 9.59 Å². The summed E-state index contributed by atoms with van der Waals surface area (Å²) in [5.74, 6) is 0.509. The Hall–Kier alpha value is -1.28. The Morgan fingerprint density at radius 3 is 3.00 bits per heavy atom. The average Bonchev–Trinajstić information content (AvgIpc) is 3.27. The molecule has 9 heteroatoms. The van der Waals surface area contributed by atoms with E-state index in [0.29, 0.717) is 33.8 Å². The van der Waals surface area contributed by atoms with E-state index >= 15 is 0 Å². The number of carbonyl (C=O) groups excluding carboxylic acids is 2. The second-order valence-electron chi connectivity index (χ2n) is 6.81. The smallest absolute Gasteiger partial charge is 0.249 e. The molecule has 1 N–H and O–H groups in total. The second kappa shape index (κ2) is 7.28. The van der Waals surface area contributed by atoms with Crippen molar-refractivity contribution in [1.82, 2.24) is 9.88 Å². The lowest BCUT2D eigenvalue weighted by molar-refractivity contribution is -0.135. The molecular formula is C18H17Cl2N3O2S2. The van der Waals surface area contributed by atoms with Crippen molar-refractivity contribution < 1.29 is 9.59 Å². The third-order valence-corrected chi connectivity index (χ3v) is 8.05. The average molecular weight is 442 g/mol. The van der Waals surface area contributed by atoms with Gasteiger partial charge in [-0.15, -0.1) is 23.1 Å². The first-order chi connectivity index (χ1) is 12.9. The van der Waals surface area contributed by atoms with Gasteiger partial charge in [0.15, 0.2) is 5.13 Å². The third-order valence-electron chi connectivity index (χ3n) is 4.89. The third kappa shape index (κ3) is 3.70. The zero-order valence-corrected chi connectivity index (χ0v) is 17.6. The van der Waals surface area contributed by atoms with E-state index in [1.54, 1.807) is 28.9 Å². The van der Waals surface area contributed by atoms with Gasteiger partial charge in [-0.1, -0.05) is 29.3 Å². The van der Waals surface area contributed by atoms with Crippen LogP contribution in [0, 0.1) is 0 Å². The highest BCUT2D eigenvalue weighted by Crippen LogP contribution is 2.47. The molecule has 142 valence electrons. The van der Waals surface area contributed by atoms with Crippen LogP contribution in [0.25, 0.3) is 0 Å². The molecule has 0 saturated carbocycles. The van der Waals surface area contributed by atoms with E-state index in [9.17, 15) is 9.59 Å². The minimum absolute atomic E-state index is 0.0575. The molecule has 1 aromatic carbocycles. The number of hydrogen-bond acceptors (Lipinski definition) is 5. The molecule has 2 aliphatic rings. The second-order valence-corrected chi connectivity index (χ2v) is 10.2. The number of fused-ring (bicyclic) bond motifs is 1. The summed E-state index contributed by atoms with van der Waals surface area (Å²) in [7, 11) is 0. The summed E-state index contributed by atoms with van der Waals surface area (Å²) >= 11 is 15.1. The first-order valence-corrected chi connectivity index (χ1v) is 11.1. The van der Waals surface area contributed by atoms with Crippen LogP contribution in [0.4, 0.5) is 5.13 Å². The number of aromatic nitrogens is 1. The van der Waals surface area contributed by atoms with Gasteiger partial charge in [-0.25, -0.2) is 4.98 Å². The fraction of sp³-hybridized carbons (Fsp3) is 0.389. The van der Waals surface area contributed by atoms with Crippen molar-refractivity contribution in [3.63, 3.8) is 0 Å². The Morgan fingerprint density at radius 1 is 1.41 bits per heavy atom. The van der Waals surface area contributed by atoms with Gasteiger partial charge >= 0.3 is 0 Å². The highest BCUT2D eigenvalue weighted by atomic mass is 35.5. The Bertz CT molecular complexity index is 920. The van der Waals surface area contributed by atoms with Crippen molar-refractivity contribution >= 4 is 63.2 Å². The van der Waals surface area contributed by atoms with Crippen LogP contribution in [0.1, 0.15) is 30.2 Å². The molecule has 2 amide bonds. The van der Waals surface area contributed by atoms with Gasteiger partial charge in [0.2, 0.25) is 11.8 Å². The van der Waals surface area contributed by atoms with Crippen LogP contribution in [-0.2, 0) is 16.0 Å². The predicted molar refractivity (Wildman–Crippen MR) is 111 cm³/mol. The standard InChI is InChI=1S/C18H17Cl2N3O2S2/c1-18-5-4-15(24)23(18)14(9-26-18)16(25)22-17-21-8-11(27-17)6-10-2-3-12(19)13(20)7-10/h2-3,7-8,14H,4-6,9H2,1H3,(H,21,22,25)/t14-,18+/m0/s1. The minimum atomic E-state index is -0.433. The fourth-order valence-corrected chi connectivity index (χ4v) is 6.10. The molecule has 0 bridgehead atoms. The summed E-state index contributed by atoms with van der Waals surface area (Å²) < 4.78 is 0. The van der Waals surface area contributed by atoms with Gasteiger partial charge in [0.05, 0.1) is 14.9 Å². The zero-order chi connectivity index (χ0) is 19.2. The maximum atomic E-state index is 12.7. The molecular weight excluding hydrogens is 425 g/mol. The summed E-state index contributed by atoms with van der Waals surface area (Å²) in [5.41, 5.74) is 1.02. The van der Waals surface area contributed by atoms with Crippen molar-refractivity contribution in [3.8, 4) is 0 Å². The van der Waals surface area contributed by atoms with Crippen LogP contribution in [0.2, 0.25) is 10.0 Å². The number of rotatable bonds is 4. The Balaban J connectivity index is 1.42. The highest BCUT2D eigenvalue weighted by Gasteiger charge is 2.52. The maximum Gasteiger partial charge on any atom is 0.249 e. The Kier molecular flexibility index (Phi) is 5.14. The quantitative estimate of drug-likeness (QED) is 0.761. The number of carbonyl (C=O) groups is 2. The molecule has 5 nitrogen and oxygen atoms in total. The van der Waals surface area contributed by atoms with Gasteiger partial charge in [-0.05, 0) is 31.0 Å². The van der Waals surface area contributed by atoms with Crippen LogP contribution in [-0.4, -0.2) is 38.4 Å². The summed E-state index contributed by atoms with van der Waals surface area (Å²) in [6.45, 7) is 2.04. The number of nitrogens with zero attached hydrogens (tertiary/aromatic N) is 2. The number of amides is 2. The number of benzene rings is 1. The zero-order valence-electron chi connectivity index (χ0n) is 14.5. The predicted octanol–water partition coefficient (Wildman–Crippen LogP) is 4.43. The fourth-order valence-electron chi connectivity index (χ4n) is 3.50. The molecule has 0 spiro atoms. The van der Waals surface area contributed by atoms with E-state index < -0.39 is 6.04 Å². The van der Waals surface area contributed by atoms with E-state index in [2.05, 4.69) is 10.3 Å². The minimum Gasteiger partial charge on any atom is -0.315 e. The van der Waals surface area contributed by atoms with Crippen molar-refractivity contribution in [2.45, 2.75) is 37.1 Å². The van der Waals surface area contributed by atoms with Crippen LogP contribution < -0.4 is 5.32 Å². The molecule has 0 radical (unpaired) electrons. The highest BCUT2D eigenvalue weighted by molar-refractivity contribution is 8.01. The summed E-state index contributed by atoms with van der Waals surface area (Å²) in [5, 5.41) is 4.46. The topological polar surface area (TPSA) is 62.3 Å². The number of nitrogens with one attached hydrogen (secondary N) is 1. The van der Waals surface area contributed by atoms with Crippen LogP contribution >= 0.6 is 46.3 Å². The van der Waals surface area contributed by atoms with Gasteiger partial charge in [0.25, 0.3) is 0 Å². The normalized spacial score (nSPS) is 24.3. The van der Waals surface area contributed by atoms with Crippen LogP contribution in [0.15, 0.2) is 24.4 Å². The van der Waals surface area contributed by atoms with Crippen molar-refractivity contribution in [2.75, 3.05) is 11.1 Å². The molecule has 2 aliphatic heterocycles. The molecule has 0 unspecified atom stereocenters. The molecule has 0 aliphatic carbocycles. The van der Waals surface area contributed by atoms with E-state index in [-0.39, 0.29) is 16.7 Å². The number of anilines is 1. The first kappa shape index (κ1) is 19.1. The number of thiazole rings is 1. The molecule has 4 rings (SSSR count). The molecule has 3 heterocycles. The Labute approximate surface area is 175 Å². The van der Waals surface area contributed by atoms with Crippen molar-refractivity contribution in [3.05, 3.63) is 44.9 Å². The van der Waals surface area contributed by atoms with Gasteiger partial charge < -0.3 is 10.2 Å². The maximum absolute atomic E-state index is 12.7. The lowest BCUT2D eigenvalue weighted by Gasteiger charge is -2.29. The molecule has 2 aromatic rings. The van der Waals surface area contributed by atoms with E-state index in [0.717, 1.165) is 16.9 Å². The van der Waals surface area contributed by atoms with E-state index in [1.807, 2.05) is 19.1 Å². The molecule has 2 fully saturated rings. The van der Waals surface area contributed by atoms with E-state index in [1.165, 1.54) is 11.3 Å². The van der Waals surface area contributed by atoms with Gasteiger partial charge in [0.1, 0.15) is 6.04 Å². The number of hydrogen-bond donors (Lipinski definition) is 1. The SMILES string of the molecule is C[C@@]12CCC(=O)N1[C@H](C(=O)Nc1ncc(Cc3ccc(Cl)c(Cl)c3)s1)CS2.